The molecule has 1 aromatic carbocycles. The minimum absolute atomic E-state index is 0.0378. The van der Waals surface area contributed by atoms with Gasteiger partial charge in [0.05, 0.1) is 26.2 Å². The highest BCUT2D eigenvalue weighted by molar-refractivity contribution is 5.76. The van der Waals surface area contributed by atoms with Crippen LogP contribution in [0.3, 0.4) is 0 Å². The summed E-state index contributed by atoms with van der Waals surface area (Å²) < 4.78 is 52.3. The summed E-state index contributed by atoms with van der Waals surface area (Å²) in [5.41, 5.74) is -0.697. The Morgan fingerprint density at radius 1 is 1.15 bits per heavy atom. The molecule has 11 heteroatoms. The Morgan fingerprint density at radius 2 is 1.88 bits per heavy atom. The van der Waals surface area contributed by atoms with Gasteiger partial charge in [-0.05, 0) is 37.8 Å². The van der Waals surface area contributed by atoms with Crippen molar-refractivity contribution in [1.29, 1.82) is 0 Å². The molecule has 0 unspecified atom stereocenters. The molecule has 3 heterocycles. The van der Waals surface area contributed by atoms with Crippen molar-refractivity contribution in [2.24, 2.45) is 5.41 Å². The van der Waals surface area contributed by atoms with E-state index < -0.39 is 11.7 Å². The monoisotopic (exact) mass is 477 g/mol. The molecule has 0 atom stereocenters. The summed E-state index contributed by atoms with van der Waals surface area (Å²) in [5, 5.41) is 4.63. The van der Waals surface area contributed by atoms with Crippen molar-refractivity contribution in [3.63, 3.8) is 0 Å². The molecule has 2 saturated carbocycles. The van der Waals surface area contributed by atoms with Crippen LogP contribution in [0.1, 0.15) is 49.0 Å². The van der Waals surface area contributed by atoms with E-state index in [0.29, 0.717) is 25.0 Å². The number of nitrogens with zero attached hydrogens (tertiary/aromatic N) is 5. The Balaban J connectivity index is 0.979. The maximum Gasteiger partial charge on any atom is 0.420 e. The highest BCUT2D eigenvalue weighted by atomic mass is 19.4. The molecule has 6 rings (SSSR count). The molecular formula is C23H26F3N5O3. The maximum atomic E-state index is 13.2. The van der Waals surface area contributed by atoms with Crippen LogP contribution in [0, 0.1) is 5.41 Å². The zero-order chi connectivity index (χ0) is 23.7. The van der Waals surface area contributed by atoms with E-state index in [2.05, 4.69) is 10.1 Å². The van der Waals surface area contributed by atoms with E-state index in [9.17, 15) is 18.0 Å². The van der Waals surface area contributed by atoms with E-state index in [1.165, 1.54) is 32.1 Å². The number of methoxy groups -OCH3 is 1. The van der Waals surface area contributed by atoms with Gasteiger partial charge in [0.2, 0.25) is 0 Å². The number of hydrogen-bond donors (Lipinski definition) is 0. The molecule has 2 aromatic rings. The molecule has 0 N–H and O–H groups in total. The third-order valence-electron chi connectivity index (χ3n) is 7.40. The fourth-order valence-electron chi connectivity index (χ4n) is 5.37. The lowest BCUT2D eigenvalue weighted by molar-refractivity contribution is -0.139. The third kappa shape index (κ3) is 3.65. The fourth-order valence-corrected chi connectivity index (χ4v) is 5.37. The van der Waals surface area contributed by atoms with Gasteiger partial charge in [-0.1, -0.05) is 6.07 Å². The Labute approximate surface area is 194 Å². The number of rotatable bonds is 5. The number of aromatic nitrogens is 3. The Kier molecular flexibility index (Phi) is 4.76. The van der Waals surface area contributed by atoms with Crippen molar-refractivity contribution < 1.29 is 27.4 Å². The average Bonchev–Trinajstić information content (AvgIpc) is 3.45. The van der Waals surface area contributed by atoms with Gasteiger partial charge in [0.25, 0.3) is 0 Å². The van der Waals surface area contributed by atoms with Gasteiger partial charge in [-0.3, -0.25) is 0 Å². The van der Waals surface area contributed by atoms with Crippen LogP contribution in [-0.4, -0.2) is 70.0 Å². The molecule has 0 radical (unpaired) electrons. The van der Waals surface area contributed by atoms with E-state index in [1.807, 2.05) is 15.9 Å². The summed E-state index contributed by atoms with van der Waals surface area (Å²) in [7, 11) is 1.19. The Bertz CT molecular complexity index is 1100. The van der Waals surface area contributed by atoms with Gasteiger partial charge in [-0.15, -0.1) is 0 Å². The van der Waals surface area contributed by atoms with Crippen LogP contribution in [0.5, 0.6) is 11.5 Å². The lowest BCUT2D eigenvalue weighted by Gasteiger charge is -2.59. The summed E-state index contributed by atoms with van der Waals surface area (Å²) in [6.45, 7) is 2.15. The van der Waals surface area contributed by atoms with Crippen LogP contribution in [-0.2, 0) is 6.18 Å². The number of amides is 2. The molecule has 182 valence electrons. The van der Waals surface area contributed by atoms with Crippen molar-refractivity contribution in [2.45, 2.75) is 49.9 Å². The molecule has 1 aromatic heterocycles. The molecule has 4 aliphatic rings. The SMILES string of the molecule is COc1c(OC2CN(C(=O)N3CC4(CC(n5cnc(C6CC6)n5)C4)C3)C2)cccc1C(F)(F)F. The smallest absolute Gasteiger partial charge is 0.420 e. The third-order valence-corrected chi connectivity index (χ3v) is 7.40. The van der Waals surface area contributed by atoms with Gasteiger partial charge < -0.3 is 19.3 Å². The summed E-state index contributed by atoms with van der Waals surface area (Å²) in [6.07, 6.45) is 1.33. The van der Waals surface area contributed by atoms with E-state index in [-0.39, 0.29) is 29.0 Å². The van der Waals surface area contributed by atoms with Crippen molar-refractivity contribution in [1.82, 2.24) is 24.6 Å². The van der Waals surface area contributed by atoms with Gasteiger partial charge in [0, 0.05) is 24.4 Å². The van der Waals surface area contributed by atoms with Crippen molar-refractivity contribution in [3.05, 3.63) is 35.9 Å². The van der Waals surface area contributed by atoms with Crippen molar-refractivity contribution >= 4 is 6.03 Å². The quantitative estimate of drug-likeness (QED) is 0.657. The molecule has 0 bridgehead atoms. The van der Waals surface area contributed by atoms with E-state index in [1.54, 1.807) is 4.90 Å². The highest BCUT2D eigenvalue weighted by Crippen LogP contribution is 2.54. The molecule has 1 spiro atoms. The Morgan fingerprint density at radius 3 is 2.53 bits per heavy atom. The number of carbonyl (C=O) groups is 1. The Hall–Kier alpha value is -2.98. The van der Waals surface area contributed by atoms with Crippen molar-refractivity contribution in [2.75, 3.05) is 33.3 Å². The van der Waals surface area contributed by atoms with Gasteiger partial charge in [0.1, 0.15) is 18.0 Å². The predicted molar refractivity (Wildman–Crippen MR) is 114 cm³/mol. The normalized spacial score (nSPS) is 22.2. The number of carbonyl (C=O) groups excluding carboxylic acids is 1. The van der Waals surface area contributed by atoms with Crippen LogP contribution in [0.2, 0.25) is 0 Å². The van der Waals surface area contributed by atoms with Gasteiger partial charge in [-0.2, -0.15) is 18.3 Å². The molecule has 2 aliphatic heterocycles. The number of alkyl halides is 3. The first kappa shape index (κ1) is 21.5. The highest BCUT2D eigenvalue weighted by Gasteiger charge is 2.56. The zero-order valence-corrected chi connectivity index (χ0v) is 18.8. The number of urea groups is 1. The van der Waals surface area contributed by atoms with Gasteiger partial charge >= 0.3 is 12.2 Å². The maximum absolute atomic E-state index is 13.2. The predicted octanol–water partition coefficient (Wildman–Crippen LogP) is 3.70. The molecule has 2 aliphatic carbocycles. The number of likely N-dealkylation sites (tertiary alicyclic amines) is 2. The zero-order valence-electron chi connectivity index (χ0n) is 18.8. The minimum Gasteiger partial charge on any atom is -0.492 e. The average molecular weight is 477 g/mol. The number of ether oxygens (including phenoxy) is 2. The second kappa shape index (κ2) is 7.51. The minimum atomic E-state index is -4.53. The van der Waals surface area contributed by atoms with Crippen LogP contribution in [0.25, 0.3) is 0 Å². The van der Waals surface area contributed by atoms with Crippen molar-refractivity contribution in [3.8, 4) is 11.5 Å². The number of halogens is 3. The van der Waals surface area contributed by atoms with Crippen LogP contribution >= 0.6 is 0 Å². The lowest BCUT2D eigenvalue weighted by atomic mass is 9.61. The van der Waals surface area contributed by atoms with E-state index in [4.69, 9.17) is 9.47 Å². The number of para-hydroxylation sites is 1. The topological polar surface area (TPSA) is 72.7 Å². The number of benzene rings is 1. The van der Waals surface area contributed by atoms with E-state index in [0.717, 1.165) is 37.8 Å². The van der Waals surface area contributed by atoms with Gasteiger partial charge in [0.15, 0.2) is 17.3 Å². The van der Waals surface area contributed by atoms with Crippen LogP contribution in [0.15, 0.2) is 24.5 Å². The molecule has 4 fully saturated rings. The second-order valence-electron chi connectivity index (χ2n) is 10.0. The molecular weight excluding hydrogens is 451 g/mol. The summed E-state index contributed by atoms with van der Waals surface area (Å²) in [5.74, 6) is 1.21. The molecule has 2 saturated heterocycles. The summed E-state index contributed by atoms with van der Waals surface area (Å²) in [4.78, 5) is 20.7. The first-order chi connectivity index (χ1) is 16.2. The van der Waals surface area contributed by atoms with Crippen LogP contribution < -0.4 is 9.47 Å². The summed E-state index contributed by atoms with van der Waals surface area (Å²) >= 11 is 0. The second-order valence-corrected chi connectivity index (χ2v) is 10.0. The lowest BCUT2D eigenvalue weighted by Crippen LogP contribution is -2.69. The van der Waals surface area contributed by atoms with Crippen LogP contribution in [0.4, 0.5) is 18.0 Å². The standard InChI is InChI=1S/C23H26F3N5O3/c1-33-19-17(23(24,25)26)3-2-4-18(19)34-16-9-29(10-16)21(32)30-11-22(12-30)7-15(8-22)31-13-27-20(28-31)14-5-6-14/h2-4,13-16H,5-12H2,1H3. The molecule has 2 amide bonds. The summed E-state index contributed by atoms with van der Waals surface area (Å²) in [6, 6.07) is 4.03. The van der Waals surface area contributed by atoms with E-state index >= 15 is 0 Å². The first-order valence-corrected chi connectivity index (χ1v) is 11.6. The molecule has 8 nitrogen and oxygen atoms in total. The molecule has 34 heavy (non-hydrogen) atoms. The fraction of sp³-hybridized carbons (Fsp3) is 0.609. The largest absolute Gasteiger partial charge is 0.492 e. The number of hydrogen-bond acceptors (Lipinski definition) is 5. The first-order valence-electron chi connectivity index (χ1n) is 11.6. The van der Waals surface area contributed by atoms with Gasteiger partial charge in [-0.25, -0.2) is 14.5 Å².